The molecule has 23 heavy (non-hydrogen) atoms. The standard InChI is InChI=1S/C17H20N2O4/c20-9-10-23-17(22)12-6-7-13-14(11-12)18-15-5-3-1-2-4-8-19(15)16(13)21/h6-7,11,20H,1-5,8-10H2. The number of aliphatic hydroxyl groups excluding tert-OH is 1. The van der Waals surface area contributed by atoms with Crippen molar-refractivity contribution in [1.82, 2.24) is 9.55 Å². The van der Waals surface area contributed by atoms with E-state index in [4.69, 9.17) is 9.84 Å². The molecule has 0 bridgehead atoms. The zero-order chi connectivity index (χ0) is 16.2. The first-order valence-corrected chi connectivity index (χ1v) is 8.02. The van der Waals surface area contributed by atoms with Crippen LogP contribution in [0, 0.1) is 0 Å². The highest BCUT2D eigenvalue weighted by Crippen LogP contribution is 2.16. The lowest BCUT2D eigenvalue weighted by Crippen LogP contribution is -2.26. The summed E-state index contributed by atoms with van der Waals surface area (Å²) in [7, 11) is 0. The van der Waals surface area contributed by atoms with E-state index >= 15 is 0 Å². The highest BCUT2D eigenvalue weighted by Gasteiger charge is 2.15. The Morgan fingerprint density at radius 3 is 2.91 bits per heavy atom. The summed E-state index contributed by atoms with van der Waals surface area (Å²) < 4.78 is 6.67. The van der Waals surface area contributed by atoms with Gasteiger partial charge < -0.3 is 9.84 Å². The Morgan fingerprint density at radius 2 is 2.09 bits per heavy atom. The van der Waals surface area contributed by atoms with E-state index in [2.05, 4.69) is 4.98 Å². The molecule has 0 radical (unpaired) electrons. The van der Waals surface area contributed by atoms with Crippen molar-refractivity contribution in [3.05, 3.63) is 39.9 Å². The highest BCUT2D eigenvalue weighted by molar-refractivity contribution is 5.94. The third kappa shape index (κ3) is 3.27. The van der Waals surface area contributed by atoms with Crippen LogP contribution < -0.4 is 5.56 Å². The van der Waals surface area contributed by atoms with Crippen LogP contribution in [0.4, 0.5) is 0 Å². The van der Waals surface area contributed by atoms with Gasteiger partial charge in [-0.15, -0.1) is 0 Å². The quantitative estimate of drug-likeness (QED) is 0.871. The number of esters is 1. The van der Waals surface area contributed by atoms with Gasteiger partial charge in [0.2, 0.25) is 0 Å². The van der Waals surface area contributed by atoms with Crippen molar-refractivity contribution in [3.63, 3.8) is 0 Å². The first-order valence-electron chi connectivity index (χ1n) is 8.02. The van der Waals surface area contributed by atoms with Crippen LogP contribution in [0.2, 0.25) is 0 Å². The Morgan fingerprint density at radius 1 is 1.26 bits per heavy atom. The van der Waals surface area contributed by atoms with Crippen molar-refractivity contribution in [2.75, 3.05) is 13.2 Å². The lowest BCUT2D eigenvalue weighted by atomic mass is 10.1. The van der Waals surface area contributed by atoms with E-state index in [1.807, 2.05) is 0 Å². The molecule has 0 aliphatic carbocycles. The molecule has 1 aliphatic rings. The number of nitrogens with zero attached hydrogens (tertiary/aromatic N) is 2. The molecule has 6 nitrogen and oxygen atoms in total. The third-order valence-corrected chi connectivity index (χ3v) is 4.13. The van der Waals surface area contributed by atoms with Crippen LogP contribution in [0.1, 0.15) is 41.9 Å². The molecule has 1 aromatic carbocycles. The Bertz CT molecular complexity index is 782. The number of ether oxygens (including phenoxy) is 1. The summed E-state index contributed by atoms with van der Waals surface area (Å²) in [5, 5.41) is 9.24. The van der Waals surface area contributed by atoms with Gasteiger partial charge in [0, 0.05) is 13.0 Å². The zero-order valence-electron chi connectivity index (χ0n) is 13.0. The maximum Gasteiger partial charge on any atom is 0.338 e. The van der Waals surface area contributed by atoms with Gasteiger partial charge in [-0.1, -0.05) is 12.8 Å². The van der Waals surface area contributed by atoms with Crippen molar-refractivity contribution in [2.45, 2.75) is 38.6 Å². The second-order valence-electron chi connectivity index (χ2n) is 5.74. The average molecular weight is 316 g/mol. The monoisotopic (exact) mass is 316 g/mol. The minimum absolute atomic E-state index is 0.0397. The molecule has 0 saturated carbocycles. The van der Waals surface area contributed by atoms with Crippen LogP contribution in [-0.2, 0) is 17.7 Å². The Kier molecular flexibility index (Phi) is 4.71. The predicted molar refractivity (Wildman–Crippen MR) is 85.5 cm³/mol. The molecule has 0 saturated heterocycles. The van der Waals surface area contributed by atoms with Crippen LogP contribution in [0.3, 0.4) is 0 Å². The molecule has 1 aliphatic heterocycles. The van der Waals surface area contributed by atoms with E-state index in [0.717, 1.165) is 37.9 Å². The number of benzene rings is 1. The lowest BCUT2D eigenvalue weighted by Gasteiger charge is -2.16. The molecule has 3 rings (SSSR count). The van der Waals surface area contributed by atoms with Crippen LogP contribution in [-0.4, -0.2) is 33.8 Å². The van der Waals surface area contributed by atoms with Gasteiger partial charge in [-0.3, -0.25) is 9.36 Å². The lowest BCUT2D eigenvalue weighted by molar-refractivity contribution is 0.0434. The first kappa shape index (κ1) is 15.7. The summed E-state index contributed by atoms with van der Waals surface area (Å²) >= 11 is 0. The fraction of sp³-hybridized carbons (Fsp3) is 0.471. The second kappa shape index (κ2) is 6.91. The molecule has 0 atom stereocenters. The summed E-state index contributed by atoms with van der Waals surface area (Å²) in [5.41, 5.74) is 0.830. The van der Waals surface area contributed by atoms with Crippen LogP contribution in [0.25, 0.3) is 10.9 Å². The highest BCUT2D eigenvalue weighted by atomic mass is 16.5. The van der Waals surface area contributed by atoms with Gasteiger partial charge >= 0.3 is 5.97 Å². The topological polar surface area (TPSA) is 81.4 Å². The number of hydrogen-bond acceptors (Lipinski definition) is 5. The van der Waals surface area contributed by atoms with Crippen LogP contribution >= 0.6 is 0 Å². The van der Waals surface area contributed by atoms with E-state index in [1.54, 1.807) is 22.8 Å². The molecule has 0 amide bonds. The van der Waals surface area contributed by atoms with Crippen LogP contribution in [0.15, 0.2) is 23.0 Å². The zero-order valence-corrected chi connectivity index (χ0v) is 13.0. The van der Waals surface area contributed by atoms with Gasteiger partial charge in [-0.05, 0) is 31.0 Å². The smallest absolute Gasteiger partial charge is 0.338 e. The minimum atomic E-state index is -0.519. The summed E-state index contributed by atoms with van der Waals surface area (Å²) in [6, 6.07) is 4.79. The number of rotatable bonds is 3. The van der Waals surface area contributed by atoms with Gasteiger partial charge in [0.25, 0.3) is 5.56 Å². The van der Waals surface area contributed by atoms with Crippen molar-refractivity contribution in [1.29, 1.82) is 0 Å². The minimum Gasteiger partial charge on any atom is -0.460 e. The number of carbonyl (C=O) groups is 1. The van der Waals surface area contributed by atoms with Gasteiger partial charge in [0.15, 0.2) is 0 Å². The number of carbonyl (C=O) groups excluding carboxylic acids is 1. The molecular weight excluding hydrogens is 296 g/mol. The Balaban J connectivity index is 2.04. The van der Waals surface area contributed by atoms with Gasteiger partial charge in [0.1, 0.15) is 12.4 Å². The molecule has 122 valence electrons. The van der Waals surface area contributed by atoms with E-state index in [9.17, 15) is 9.59 Å². The predicted octanol–water partition coefficient (Wildman–Crippen LogP) is 1.66. The molecule has 0 unspecified atom stereocenters. The Labute approximate surface area is 133 Å². The SMILES string of the molecule is O=C(OCCO)c1ccc2c(=O)n3c(nc2c1)CCCCCC3. The number of aromatic nitrogens is 2. The number of aliphatic hydroxyl groups is 1. The average Bonchev–Trinajstić information content (AvgIpc) is 2.54. The van der Waals surface area contributed by atoms with E-state index in [0.29, 0.717) is 23.0 Å². The number of fused-ring (bicyclic) bond motifs is 2. The maximum absolute atomic E-state index is 12.7. The Hall–Kier alpha value is -2.21. The van der Waals surface area contributed by atoms with E-state index < -0.39 is 5.97 Å². The second-order valence-corrected chi connectivity index (χ2v) is 5.74. The fourth-order valence-corrected chi connectivity index (χ4v) is 2.94. The first-order chi connectivity index (χ1) is 11.2. The molecule has 0 spiro atoms. The van der Waals surface area contributed by atoms with Gasteiger partial charge in [-0.25, -0.2) is 9.78 Å². The fourth-order valence-electron chi connectivity index (χ4n) is 2.94. The summed E-state index contributed by atoms with van der Waals surface area (Å²) in [6.07, 6.45) is 5.09. The summed E-state index contributed by atoms with van der Waals surface area (Å²) in [5.74, 6) is 0.276. The molecule has 1 N–H and O–H groups in total. The largest absolute Gasteiger partial charge is 0.460 e. The van der Waals surface area contributed by atoms with Crippen molar-refractivity contribution in [2.24, 2.45) is 0 Å². The number of aryl methyl sites for hydroxylation is 1. The van der Waals surface area contributed by atoms with Gasteiger partial charge in [0.05, 0.1) is 23.1 Å². The van der Waals surface area contributed by atoms with Crippen molar-refractivity contribution >= 4 is 16.9 Å². The molecule has 0 fully saturated rings. The molecule has 1 aromatic heterocycles. The molecule has 2 heterocycles. The number of hydrogen-bond donors (Lipinski definition) is 1. The van der Waals surface area contributed by atoms with Crippen molar-refractivity contribution in [3.8, 4) is 0 Å². The van der Waals surface area contributed by atoms with Crippen molar-refractivity contribution < 1.29 is 14.6 Å². The van der Waals surface area contributed by atoms with Crippen LogP contribution in [0.5, 0.6) is 0 Å². The summed E-state index contributed by atoms with van der Waals surface area (Å²) in [4.78, 5) is 29.1. The normalized spacial score (nSPS) is 14.8. The van der Waals surface area contributed by atoms with E-state index in [-0.39, 0.29) is 18.8 Å². The third-order valence-electron chi connectivity index (χ3n) is 4.13. The molecule has 2 aromatic rings. The molecular formula is C17H20N2O4. The van der Waals surface area contributed by atoms with Gasteiger partial charge in [-0.2, -0.15) is 0 Å². The van der Waals surface area contributed by atoms with E-state index in [1.165, 1.54) is 0 Å². The molecule has 6 heteroatoms. The maximum atomic E-state index is 12.7. The summed E-state index contributed by atoms with van der Waals surface area (Å²) in [6.45, 7) is 0.445.